The van der Waals surface area contributed by atoms with Crippen molar-refractivity contribution in [2.24, 2.45) is 0 Å². The van der Waals surface area contributed by atoms with E-state index in [1.807, 2.05) is 21.1 Å². The highest BCUT2D eigenvalue weighted by Gasteiger charge is 2.22. The number of ether oxygens (including phenoxy) is 2. The standard InChI is InChI=1S/C66H116NO8P/c1-6-8-10-12-14-16-18-20-22-24-26-28-30-31-32-33-34-35-37-39-41-43-45-47-49-51-53-55-57-59-66(69)75-64(63-74-76(70,71)73-61-60-67(3,4)5)62-72-65(68)58-56-54-52-50-48-46-44-42-40-38-36-29-27-25-23-21-19-17-15-13-11-9-7-2/h8,10,14,16,20,22,25-28,31-32,34-35,39,41,64H,6-7,9,11-13,15,17-19,21,23-24,29-30,33,36-38,40,42-63H2,1-5H3/b10-8-,16-14-,22-20-,27-25-,28-26-,32-31-,35-34-,41-39-. The predicted octanol–water partition coefficient (Wildman–Crippen LogP) is 19.0. The number of phosphoric ester groups is 1. The number of nitrogens with zero attached hydrogens (tertiary/aromatic N) is 1. The normalized spacial score (nSPS) is 13.9. The first-order valence-electron chi connectivity index (χ1n) is 30.9. The summed E-state index contributed by atoms with van der Waals surface area (Å²) in [5.41, 5.74) is 0. The lowest BCUT2D eigenvalue weighted by Gasteiger charge is -2.28. The molecule has 0 aliphatic heterocycles. The number of unbranched alkanes of at least 4 members (excludes halogenated alkanes) is 26. The Morgan fingerprint density at radius 1 is 0.421 bits per heavy atom. The highest BCUT2D eigenvalue weighted by molar-refractivity contribution is 7.45. The third kappa shape index (κ3) is 60.2. The van der Waals surface area contributed by atoms with Gasteiger partial charge in [0.1, 0.15) is 19.8 Å². The van der Waals surface area contributed by atoms with Crippen molar-refractivity contribution in [1.29, 1.82) is 0 Å². The first-order chi connectivity index (χ1) is 37.0. The summed E-state index contributed by atoms with van der Waals surface area (Å²) in [6, 6.07) is 0. The fourth-order valence-corrected chi connectivity index (χ4v) is 9.07. The van der Waals surface area contributed by atoms with Crippen LogP contribution in [-0.4, -0.2) is 70.0 Å². The van der Waals surface area contributed by atoms with E-state index in [1.165, 1.54) is 135 Å². The lowest BCUT2D eigenvalue weighted by Crippen LogP contribution is -2.37. The van der Waals surface area contributed by atoms with E-state index in [9.17, 15) is 19.0 Å². The number of quaternary nitrogens is 1. The Balaban J connectivity index is 4.19. The lowest BCUT2D eigenvalue weighted by molar-refractivity contribution is -0.870. The first kappa shape index (κ1) is 72.9. The largest absolute Gasteiger partial charge is 0.756 e. The second-order valence-electron chi connectivity index (χ2n) is 21.7. The van der Waals surface area contributed by atoms with Crippen LogP contribution in [0.5, 0.6) is 0 Å². The van der Waals surface area contributed by atoms with Crippen molar-refractivity contribution in [2.75, 3.05) is 47.5 Å². The maximum absolute atomic E-state index is 12.8. The zero-order valence-electron chi connectivity index (χ0n) is 49.7. The minimum Gasteiger partial charge on any atom is -0.756 e. The van der Waals surface area contributed by atoms with Gasteiger partial charge in [-0.15, -0.1) is 0 Å². The number of phosphoric acid groups is 1. The molecule has 0 amide bonds. The Kier molecular flexibility index (Phi) is 54.4. The molecule has 0 saturated heterocycles. The van der Waals surface area contributed by atoms with E-state index in [1.54, 1.807) is 0 Å². The van der Waals surface area contributed by atoms with E-state index >= 15 is 0 Å². The first-order valence-corrected chi connectivity index (χ1v) is 32.4. The van der Waals surface area contributed by atoms with Crippen molar-refractivity contribution in [3.8, 4) is 0 Å². The molecule has 2 atom stereocenters. The number of hydrogen-bond donors (Lipinski definition) is 0. The molecule has 0 radical (unpaired) electrons. The fraction of sp³-hybridized carbons (Fsp3) is 0.727. The molecule has 0 aliphatic rings. The summed E-state index contributed by atoms with van der Waals surface area (Å²) in [4.78, 5) is 37.9. The van der Waals surface area contributed by atoms with Gasteiger partial charge in [-0.1, -0.05) is 246 Å². The average molecular weight is 1080 g/mol. The third-order valence-corrected chi connectivity index (χ3v) is 14.1. The van der Waals surface area contributed by atoms with Crippen molar-refractivity contribution in [3.05, 3.63) is 97.2 Å². The van der Waals surface area contributed by atoms with Gasteiger partial charge in [-0.3, -0.25) is 14.2 Å². The van der Waals surface area contributed by atoms with Gasteiger partial charge in [-0.05, 0) is 96.3 Å². The van der Waals surface area contributed by atoms with Crippen molar-refractivity contribution in [2.45, 2.75) is 264 Å². The molecule has 0 saturated carbocycles. The molecule has 0 aromatic heterocycles. The van der Waals surface area contributed by atoms with Crippen molar-refractivity contribution >= 4 is 19.8 Å². The molecule has 0 rings (SSSR count). The number of likely N-dealkylation sites (N-methyl/N-ethyl adjacent to an activating group) is 1. The molecule has 2 unspecified atom stereocenters. The van der Waals surface area contributed by atoms with Gasteiger partial charge in [0.15, 0.2) is 6.10 Å². The van der Waals surface area contributed by atoms with Crippen LogP contribution in [-0.2, 0) is 32.7 Å². The van der Waals surface area contributed by atoms with Crippen LogP contribution in [0.25, 0.3) is 0 Å². The highest BCUT2D eigenvalue weighted by atomic mass is 31.2. The maximum Gasteiger partial charge on any atom is 0.306 e. The van der Waals surface area contributed by atoms with Gasteiger partial charge in [0.05, 0.1) is 27.7 Å². The van der Waals surface area contributed by atoms with E-state index in [0.717, 1.165) is 89.9 Å². The number of carbonyl (C=O) groups is 2. The molecule has 438 valence electrons. The number of esters is 2. The van der Waals surface area contributed by atoms with Crippen LogP contribution >= 0.6 is 7.82 Å². The zero-order valence-corrected chi connectivity index (χ0v) is 50.6. The van der Waals surface area contributed by atoms with Gasteiger partial charge < -0.3 is 27.9 Å². The minimum absolute atomic E-state index is 0.0375. The number of rotatable bonds is 56. The second kappa shape index (κ2) is 56.6. The predicted molar refractivity (Wildman–Crippen MR) is 323 cm³/mol. The van der Waals surface area contributed by atoms with Crippen LogP contribution < -0.4 is 4.89 Å². The summed E-state index contributed by atoms with van der Waals surface area (Å²) in [6.07, 6.45) is 77.4. The Labute approximate surface area is 468 Å². The Bertz CT molecular complexity index is 1600. The summed E-state index contributed by atoms with van der Waals surface area (Å²) in [5, 5.41) is 0. The molecule has 0 bridgehead atoms. The zero-order chi connectivity index (χ0) is 55.6. The monoisotopic (exact) mass is 1080 g/mol. The van der Waals surface area contributed by atoms with E-state index in [0.29, 0.717) is 17.4 Å². The summed E-state index contributed by atoms with van der Waals surface area (Å²) < 4.78 is 34.2. The van der Waals surface area contributed by atoms with E-state index in [-0.39, 0.29) is 32.0 Å². The number of allylic oxidation sites excluding steroid dienone is 16. The second-order valence-corrected chi connectivity index (χ2v) is 23.1. The average Bonchev–Trinajstić information content (AvgIpc) is 3.38. The van der Waals surface area contributed by atoms with Crippen LogP contribution in [0.4, 0.5) is 0 Å². The van der Waals surface area contributed by atoms with E-state index in [4.69, 9.17) is 18.5 Å². The van der Waals surface area contributed by atoms with Gasteiger partial charge >= 0.3 is 11.9 Å². The fourth-order valence-electron chi connectivity index (χ4n) is 8.34. The molecule has 10 heteroatoms. The molecule has 0 heterocycles. The summed E-state index contributed by atoms with van der Waals surface area (Å²) in [6.45, 7) is 4.12. The minimum atomic E-state index is -4.65. The van der Waals surface area contributed by atoms with Crippen LogP contribution in [0.2, 0.25) is 0 Å². The molecule has 0 fully saturated rings. The van der Waals surface area contributed by atoms with Crippen LogP contribution in [0, 0.1) is 0 Å². The topological polar surface area (TPSA) is 111 Å². The SMILES string of the molecule is CC/C=C\C/C=C\C/C=C\C/C=C\C/C=C\C/C=C\C/C=C\CCCCCCCCCC(=O)OC(COC(=O)CCCCCCCCCCCCC/C=C\CCCCCCCCCC)COP(=O)([O-])OCC[N+](C)(C)C. The van der Waals surface area contributed by atoms with Gasteiger partial charge in [0.2, 0.25) is 0 Å². The van der Waals surface area contributed by atoms with Crippen LogP contribution in [0.1, 0.15) is 258 Å². The Morgan fingerprint density at radius 2 is 0.750 bits per heavy atom. The van der Waals surface area contributed by atoms with Gasteiger partial charge in [-0.25, -0.2) is 0 Å². The number of hydrogen-bond acceptors (Lipinski definition) is 8. The van der Waals surface area contributed by atoms with Crippen molar-refractivity contribution in [1.82, 2.24) is 0 Å². The summed E-state index contributed by atoms with van der Waals surface area (Å²) >= 11 is 0. The molecule has 9 nitrogen and oxygen atoms in total. The molecule has 76 heavy (non-hydrogen) atoms. The van der Waals surface area contributed by atoms with Crippen molar-refractivity contribution < 1.29 is 42.1 Å². The lowest BCUT2D eigenvalue weighted by atomic mass is 10.0. The molecule has 0 spiro atoms. The maximum atomic E-state index is 12.8. The van der Waals surface area contributed by atoms with Crippen molar-refractivity contribution in [3.63, 3.8) is 0 Å². The molecular weight excluding hydrogens is 966 g/mol. The molecule has 0 aromatic carbocycles. The Hall–Kier alpha value is -3.07. The number of carbonyl (C=O) groups excluding carboxylic acids is 2. The third-order valence-electron chi connectivity index (χ3n) is 13.1. The van der Waals surface area contributed by atoms with Gasteiger partial charge in [-0.2, -0.15) is 0 Å². The summed E-state index contributed by atoms with van der Waals surface area (Å²) in [5.74, 6) is -0.846. The molecule has 0 aliphatic carbocycles. The Morgan fingerprint density at radius 3 is 1.13 bits per heavy atom. The molecular formula is C66H116NO8P. The molecule has 0 aromatic rings. The summed E-state index contributed by atoms with van der Waals surface area (Å²) in [7, 11) is 1.15. The molecule has 0 N–H and O–H groups in total. The van der Waals surface area contributed by atoms with Gasteiger partial charge in [0, 0.05) is 12.8 Å². The smallest absolute Gasteiger partial charge is 0.306 e. The van der Waals surface area contributed by atoms with Gasteiger partial charge in [0.25, 0.3) is 7.82 Å². The highest BCUT2D eigenvalue weighted by Crippen LogP contribution is 2.38. The van der Waals surface area contributed by atoms with Crippen LogP contribution in [0.3, 0.4) is 0 Å². The van der Waals surface area contributed by atoms with E-state index < -0.39 is 26.5 Å². The quantitative estimate of drug-likeness (QED) is 0.0195. The van der Waals surface area contributed by atoms with E-state index in [2.05, 4.69) is 111 Å². The van der Waals surface area contributed by atoms with Crippen LogP contribution in [0.15, 0.2) is 97.2 Å².